The number of ether oxygens (including phenoxy) is 1. The molecule has 0 saturated heterocycles. The molecule has 1 unspecified atom stereocenters. The Balaban J connectivity index is 1.74. The molecule has 0 spiro atoms. The Morgan fingerprint density at radius 3 is 3.29 bits per heavy atom. The van der Waals surface area contributed by atoms with Gasteiger partial charge in [-0.2, -0.15) is 5.10 Å². The summed E-state index contributed by atoms with van der Waals surface area (Å²) in [5.41, 5.74) is 3.21. The Labute approximate surface area is 123 Å². The van der Waals surface area contributed by atoms with E-state index in [0.29, 0.717) is 6.61 Å². The highest BCUT2D eigenvalue weighted by Crippen LogP contribution is 2.30. The van der Waals surface area contributed by atoms with Gasteiger partial charge in [0.25, 0.3) is 0 Å². The lowest BCUT2D eigenvalue weighted by molar-refractivity contribution is 0.183. The summed E-state index contributed by atoms with van der Waals surface area (Å²) in [6, 6.07) is 3.76. The minimum absolute atomic E-state index is 0.0261. The second-order valence-electron chi connectivity index (χ2n) is 5.33. The van der Waals surface area contributed by atoms with Crippen molar-refractivity contribution in [2.75, 3.05) is 19.0 Å². The van der Waals surface area contributed by atoms with Gasteiger partial charge in [-0.25, -0.2) is 0 Å². The van der Waals surface area contributed by atoms with Crippen LogP contribution < -0.4 is 10.9 Å². The van der Waals surface area contributed by atoms with Gasteiger partial charge in [0.2, 0.25) is 5.56 Å². The van der Waals surface area contributed by atoms with Gasteiger partial charge in [-0.15, -0.1) is 0 Å². The zero-order chi connectivity index (χ0) is 14.7. The Hall–Kier alpha value is -2.08. The van der Waals surface area contributed by atoms with Crippen LogP contribution in [0.5, 0.6) is 0 Å². The first-order chi connectivity index (χ1) is 10.3. The zero-order valence-corrected chi connectivity index (χ0v) is 12.1. The number of hydrogen-bond donors (Lipinski definition) is 2. The molecule has 21 heavy (non-hydrogen) atoms. The van der Waals surface area contributed by atoms with Crippen molar-refractivity contribution < 1.29 is 4.74 Å². The lowest BCUT2D eigenvalue weighted by Crippen LogP contribution is -2.21. The predicted molar refractivity (Wildman–Crippen MR) is 80.5 cm³/mol. The van der Waals surface area contributed by atoms with Crippen LogP contribution in [0.25, 0.3) is 0 Å². The third-order valence-corrected chi connectivity index (χ3v) is 3.83. The van der Waals surface area contributed by atoms with Gasteiger partial charge in [0.15, 0.2) is 0 Å². The summed E-state index contributed by atoms with van der Waals surface area (Å²) in [4.78, 5) is 14.4. The third kappa shape index (κ3) is 3.16. The number of aryl methyl sites for hydroxylation is 1. The minimum atomic E-state index is -0.0261. The lowest BCUT2D eigenvalue weighted by Gasteiger charge is -2.26. The fourth-order valence-electron chi connectivity index (χ4n) is 2.80. The second kappa shape index (κ2) is 6.13. The summed E-state index contributed by atoms with van der Waals surface area (Å²) >= 11 is 0. The minimum Gasteiger partial charge on any atom is -0.383 e. The van der Waals surface area contributed by atoms with Gasteiger partial charge in [-0.3, -0.25) is 9.48 Å². The fourth-order valence-corrected chi connectivity index (χ4v) is 2.80. The number of methoxy groups -OCH3 is 1. The molecule has 2 aromatic rings. The van der Waals surface area contributed by atoms with E-state index < -0.39 is 0 Å². The molecule has 0 bridgehead atoms. The van der Waals surface area contributed by atoms with Crippen LogP contribution in [-0.4, -0.2) is 28.5 Å². The summed E-state index contributed by atoms with van der Waals surface area (Å²) in [5.74, 6) is 0. The average molecular weight is 288 g/mol. The Kier molecular flexibility index (Phi) is 4.06. The van der Waals surface area contributed by atoms with Crippen LogP contribution in [-0.2, 0) is 17.7 Å². The first-order valence-electron chi connectivity index (χ1n) is 7.26. The van der Waals surface area contributed by atoms with E-state index in [4.69, 9.17) is 4.74 Å². The molecule has 6 nitrogen and oxygen atoms in total. The van der Waals surface area contributed by atoms with Crippen molar-refractivity contribution in [2.45, 2.75) is 31.8 Å². The highest BCUT2D eigenvalue weighted by molar-refractivity contribution is 5.43. The molecule has 0 amide bonds. The van der Waals surface area contributed by atoms with Gasteiger partial charge in [0.05, 0.1) is 31.1 Å². The molecule has 0 aromatic carbocycles. The SMILES string of the molecule is COCCn1cc(NC2CCCc3[nH]c(=O)ccc32)cn1. The molecule has 1 aliphatic carbocycles. The number of H-pyrrole nitrogens is 1. The maximum absolute atomic E-state index is 11.4. The molecule has 112 valence electrons. The van der Waals surface area contributed by atoms with Crippen molar-refractivity contribution in [1.29, 1.82) is 0 Å². The van der Waals surface area contributed by atoms with Gasteiger partial charge < -0.3 is 15.0 Å². The number of aromatic amines is 1. The average Bonchev–Trinajstić information content (AvgIpc) is 2.92. The van der Waals surface area contributed by atoms with Gasteiger partial charge in [0.1, 0.15) is 0 Å². The van der Waals surface area contributed by atoms with Gasteiger partial charge in [0, 0.05) is 25.1 Å². The van der Waals surface area contributed by atoms with Crippen LogP contribution in [0.3, 0.4) is 0 Å². The molecule has 6 heteroatoms. The fraction of sp³-hybridized carbons (Fsp3) is 0.467. The summed E-state index contributed by atoms with van der Waals surface area (Å²) in [6.45, 7) is 1.39. The highest BCUT2D eigenvalue weighted by Gasteiger charge is 2.20. The first kappa shape index (κ1) is 13.9. The highest BCUT2D eigenvalue weighted by atomic mass is 16.5. The second-order valence-corrected chi connectivity index (χ2v) is 5.33. The van der Waals surface area contributed by atoms with Crippen LogP contribution in [0.2, 0.25) is 0 Å². The van der Waals surface area contributed by atoms with Crippen molar-refractivity contribution >= 4 is 5.69 Å². The zero-order valence-electron chi connectivity index (χ0n) is 12.1. The Morgan fingerprint density at radius 2 is 2.43 bits per heavy atom. The monoisotopic (exact) mass is 288 g/mol. The standard InChI is InChI=1S/C15H20N4O2/c1-21-8-7-19-10-11(9-16-19)17-13-3-2-4-14-12(13)5-6-15(20)18-14/h5-6,9-10,13,17H,2-4,7-8H2,1H3,(H,18,20). The number of anilines is 1. The lowest BCUT2D eigenvalue weighted by atomic mass is 9.91. The molecular formula is C15H20N4O2. The molecule has 0 fully saturated rings. The molecule has 0 aliphatic heterocycles. The Morgan fingerprint density at radius 1 is 1.52 bits per heavy atom. The van der Waals surface area contributed by atoms with E-state index >= 15 is 0 Å². The van der Waals surface area contributed by atoms with E-state index in [-0.39, 0.29) is 11.6 Å². The topological polar surface area (TPSA) is 71.9 Å². The molecule has 2 heterocycles. The third-order valence-electron chi connectivity index (χ3n) is 3.83. The number of rotatable bonds is 5. The number of hydrogen-bond acceptors (Lipinski definition) is 4. The first-order valence-corrected chi connectivity index (χ1v) is 7.26. The smallest absolute Gasteiger partial charge is 0.248 e. The van der Waals surface area contributed by atoms with E-state index in [9.17, 15) is 4.79 Å². The van der Waals surface area contributed by atoms with Crippen LogP contribution in [0.4, 0.5) is 5.69 Å². The molecule has 0 radical (unpaired) electrons. The largest absolute Gasteiger partial charge is 0.383 e. The van der Waals surface area contributed by atoms with Crippen molar-refractivity contribution in [2.24, 2.45) is 0 Å². The molecule has 3 rings (SSSR count). The molecule has 2 aromatic heterocycles. The summed E-state index contributed by atoms with van der Waals surface area (Å²) in [6.07, 6.45) is 6.88. The number of nitrogens with zero attached hydrogens (tertiary/aromatic N) is 2. The quantitative estimate of drug-likeness (QED) is 0.878. The van der Waals surface area contributed by atoms with Crippen molar-refractivity contribution in [3.63, 3.8) is 0 Å². The van der Waals surface area contributed by atoms with E-state index in [2.05, 4.69) is 15.4 Å². The van der Waals surface area contributed by atoms with E-state index in [1.54, 1.807) is 13.2 Å². The van der Waals surface area contributed by atoms with Crippen LogP contribution in [0.1, 0.15) is 30.1 Å². The molecule has 1 atom stereocenters. The van der Waals surface area contributed by atoms with Crippen LogP contribution in [0.15, 0.2) is 29.3 Å². The predicted octanol–water partition coefficient (Wildman–Crippen LogP) is 1.71. The van der Waals surface area contributed by atoms with E-state index in [0.717, 1.165) is 37.2 Å². The number of nitrogens with one attached hydrogen (secondary N) is 2. The van der Waals surface area contributed by atoms with E-state index in [1.165, 1.54) is 5.56 Å². The van der Waals surface area contributed by atoms with Crippen molar-refractivity contribution in [1.82, 2.24) is 14.8 Å². The number of pyridine rings is 1. The Bertz CT molecular complexity index is 662. The summed E-state index contributed by atoms with van der Waals surface area (Å²) in [5, 5.41) is 7.81. The molecule has 1 aliphatic rings. The molecular weight excluding hydrogens is 268 g/mol. The van der Waals surface area contributed by atoms with Gasteiger partial charge in [-0.1, -0.05) is 0 Å². The van der Waals surface area contributed by atoms with Gasteiger partial charge in [-0.05, 0) is 30.9 Å². The maximum atomic E-state index is 11.4. The van der Waals surface area contributed by atoms with Crippen molar-refractivity contribution in [3.8, 4) is 0 Å². The summed E-state index contributed by atoms with van der Waals surface area (Å²) < 4.78 is 6.91. The number of fused-ring (bicyclic) bond motifs is 1. The van der Waals surface area contributed by atoms with E-state index in [1.807, 2.05) is 23.1 Å². The summed E-state index contributed by atoms with van der Waals surface area (Å²) in [7, 11) is 1.68. The molecule has 0 saturated carbocycles. The van der Waals surface area contributed by atoms with Crippen LogP contribution in [0, 0.1) is 0 Å². The maximum Gasteiger partial charge on any atom is 0.248 e. The number of aromatic nitrogens is 3. The van der Waals surface area contributed by atoms with Crippen molar-refractivity contribution in [3.05, 3.63) is 46.1 Å². The normalized spacial score (nSPS) is 17.5. The van der Waals surface area contributed by atoms with Crippen LogP contribution >= 0.6 is 0 Å². The van der Waals surface area contributed by atoms with Gasteiger partial charge >= 0.3 is 0 Å². The molecule has 2 N–H and O–H groups in total.